The van der Waals surface area contributed by atoms with Crippen LogP contribution in [0.5, 0.6) is 0 Å². The number of nitriles is 1. The number of para-hydroxylation sites is 1. The second-order valence-electron chi connectivity index (χ2n) is 4.28. The molecule has 0 aromatic heterocycles. The third-order valence-corrected chi connectivity index (χ3v) is 2.98. The van der Waals surface area contributed by atoms with Crippen molar-refractivity contribution >= 4 is 5.69 Å². The smallest absolute Gasteiger partial charge is 0.161 e. The lowest BCUT2D eigenvalue weighted by Crippen LogP contribution is -2.42. The first-order chi connectivity index (χ1) is 8.22. The normalized spacial score (nSPS) is 21.9. The third-order valence-electron chi connectivity index (χ3n) is 2.98. The molecule has 1 heterocycles. The Morgan fingerprint density at radius 3 is 3.00 bits per heavy atom. The monoisotopic (exact) mass is 231 g/mol. The predicted octanol–water partition coefficient (Wildman–Crippen LogP) is 1.44. The number of anilines is 1. The number of nitrogens with two attached hydrogens (primary N) is 1. The van der Waals surface area contributed by atoms with Crippen LogP contribution in [0.4, 0.5) is 5.69 Å². The Kier molecular flexibility index (Phi) is 3.62. The Labute approximate surface area is 102 Å². The number of hydrogen-bond donors (Lipinski definition) is 1. The summed E-state index contributed by atoms with van der Waals surface area (Å²) in [4.78, 5) is 2.18. The first kappa shape index (κ1) is 11.9. The van der Waals surface area contributed by atoms with Crippen LogP contribution in [0.3, 0.4) is 0 Å². The Hall–Kier alpha value is -1.57. The number of rotatable bonds is 2. The highest BCUT2D eigenvalue weighted by Gasteiger charge is 2.22. The van der Waals surface area contributed by atoms with Crippen LogP contribution in [0.2, 0.25) is 0 Å². The molecule has 2 atom stereocenters. The Bertz CT molecular complexity index is 425. The van der Waals surface area contributed by atoms with Crippen molar-refractivity contribution in [3.63, 3.8) is 0 Å². The van der Waals surface area contributed by atoms with Crippen molar-refractivity contribution in [3.8, 4) is 6.07 Å². The molecule has 0 aliphatic carbocycles. The molecule has 0 saturated carbocycles. The average molecular weight is 231 g/mol. The first-order valence-corrected chi connectivity index (χ1v) is 5.83. The van der Waals surface area contributed by atoms with Crippen LogP contribution in [0.1, 0.15) is 18.5 Å². The summed E-state index contributed by atoms with van der Waals surface area (Å²) < 4.78 is 5.35. The van der Waals surface area contributed by atoms with Gasteiger partial charge in [0.05, 0.1) is 19.2 Å². The van der Waals surface area contributed by atoms with Gasteiger partial charge >= 0.3 is 0 Å². The van der Waals surface area contributed by atoms with E-state index in [9.17, 15) is 0 Å². The van der Waals surface area contributed by atoms with E-state index in [2.05, 4.69) is 17.0 Å². The number of benzene rings is 1. The van der Waals surface area contributed by atoms with Gasteiger partial charge in [-0.1, -0.05) is 18.2 Å². The van der Waals surface area contributed by atoms with E-state index in [1.165, 1.54) is 0 Å². The summed E-state index contributed by atoms with van der Waals surface area (Å²) in [6.45, 7) is 3.98. The van der Waals surface area contributed by atoms with Crippen LogP contribution in [0.15, 0.2) is 24.3 Å². The van der Waals surface area contributed by atoms with Crippen molar-refractivity contribution in [3.05, 3.63) is 29.8 Å². The molecule has 2 N–H and O–H groups in total. The number of morpholine rings is 1. The van der Waals surface area contributed by atoms with Crippen molar-refractivity contribution < 1.29 is 4.74 Å². The molecule has 1 saturated heterocycles. The van der Waals surface area contributed by atoms with Crippen molar-refractivity contribution in [2.24, 2.45) is 5.73 Å². The zero-order chi connectivity index (χ0) is 12.3. The number of hydrogen-bond acceptors (Lipinski definition) is 4. The summed E-state index contributed by atoms with van der Waals surface area (Å²) in [6.07, 6.45) is -0.343. The van der Waals surface area contributed by atoms with Gasteiger partial charge in [-0.2, -0.15) is 5.26 Å². The van der Waals surface area contributed by atoms with Gasteiger partial charge in [-0.05, 0) is 18.6 Å². The molecule has 4 heteroatoms. The van der Waals surface area contributed by atoms with Crippen LogP contribution in [-0.4, -0.2) is 25.8 Å². The van der Waals surface area contributed by atoms with Crippen LogP contribution in [-0.2, 0) is 4.74 Å². The summed E-state index contributed by atoms with van der Waals surface area (Å²) in [7, 11) is 0. The Morgan fingerprint density at radius 1 is 1.53 bits per heavy atom. The summed E-state index contributed by atoms with van der Waals surface area (Å²) in [5.74, 6) is 0. The maximum atomic E-state index is 8.91. The van der Waals surface area contributed by atoms with Gasteiger partial charge < -0.3 is 15.4 Å². The molecule has 2 rings (SSSR count). The molecule has 90 valence electrons. The van der Waals surface area contributed by atoms with E-state index < -0.39 is 0 Å². The molecule has 0 spiro atoms. The highest BCUT2D eigenvalue weighted by atomic mass is 16.5. The fraction of sp³-hybridized carbons (Fsp3) is 0.462. The summed E-state index contributed by atoms with van der Waals surface area (Å²) in [6, 6.07) is 10.2. The molecule has 0 radical (unpaired) electrons. The molecule has 1 aromatic rings. The van der Waals surface area contributed by atoms with E-state index in [1.807, 2.05) is 25.1 Å². The van der Waals surface area contributed by atoms with Gasteiger partial charge in [-0.25, -0.2) is 0 Å². The molecule has 0 bridgehead atoms. The van der Waals surface area contributed by atoms with E-state index in [-0.39, 0.29) is 12.1 Å². The molecule has 0 amide bonds. The molecule has 1 aliphatic heterocycles. The molecular formula is C13H17N3O. The van der Waals surface area contributed by atoms with Gasteiger partial charge in [-0.15, -0.1) is 0 Å². The zero-order valence-corrected chi connectivity index (χ0v) is 9.97. The third kappa shape index (κ3) is 2.57. The summed E-state index contributed by atoms with van der Waals surface area (Å²) in [5.41, 5.74) is 8.20. The van der Waals surface area contributed by atoms with Crippen LogP contribution in [0.25, 0.3) is 0 Å². The number of ether oxygens (including phenoxy) is 1. The number of nitrogens with zero attached hydrogens (tertiary/aromatic N) is 2. The largest absolute Gasteiger partial charge is 0.365 e. The second-order valence-corrected chi connectivity index (χ2v) is 4.28. The van der Waals surface area contributed by atoms with Crippen LogP contribution >= 0.6 is 0 Å². The Balaban J connectivity index is 2.25. The lowest BCUT2D eigenvalue weighted by molar-refractivity contribution is 0.0764. The first-order valence-electron chi connectivity index (χ1n) is 5.83. The predicted molar refractivity (Wildman–Crippen MR) is 66.6 cm³/mol. The van der Waals surface area contributed by atoms with E-state index in [1.54, 1.807) is 0 Å². The second kappa shape index (κ2) is 5.17. The van der Waals surface area contributed by atoms with Crippen molar-refractivity contribution in [2.45, 2.75) is 19.1 Å². The molecule has 4 nitrogen and oxygen atoms in total. The quantitative estimate of drug-likeness (QED) is 0.836. The lowest BCUT2D eigenvalue weighted by Gasteiger charge is -2.33. The van der Waals surface area contributed by atoms with Gasteiger partial charge in [0, 0.05) is 18.3 Å². The standard InChI is InChI=1S/C13H17N3O/c1-10(15)12-4-2-3-5-13(12)16-6-7-17-11(8-14)9-16/h2-5,10-11H,6-7,9,15H2,1H3/t10-,11?/m0/s1. The van der Waals surface area contributed by atoms with Crippen molar-refractivity contribution in [1.29, 1.82) is 5.26 Å². The van der Waals surface area contributed by atoms with Gasteiger partial charge in [0.1, 0.15) is 0 Å². The highest BCUT2D eigenvalue weighted by Crippen LogP contribution is 2.26. The zero-order valence-electron chi connectivity index (χ0n) is 9.97. The summed E-state index contributed by atoms with van der Waals surface area (Å²) >= 11 is 0. The van der Waals surface area contributed by atoms with Gasteiger partial charge in [0.15, 0.2) is 6.10 Å². The molecule has 1 unspecified atom stereocenters. The summed E-state index contributed by atoms with van der Waals surface area (Å²) in [5, 5.41) is 8.91. The average Bonchev–Trinajstić information content (AvgIpc) is 2.39. The highest BCUT2D eigenvalue weighted by molar-refractivity contribution is 5.55. The van der Waals surface area contributed by atoms with Crippen LogP contribution in [0, 0.1) is 11.3 Å². The minimum absolute atomic E-state index is 0.00502. The molecular weight excluding hydrogens is 214 g/mol. The van der Waals surface area contributed by atoms with E-state index >= 15 is 0 Å². The van der Waals surface area contributed by atoms with E-state index in [0.29, 0.717) is 13.2 Å². The lowest BCUT2D eigenvalue weighted by atomic mass is 10.1. The van der Waals surface area contributed by atoms with Gasteiger partial charge in [0.2, 0.25) is 0 Å². The minimum Gasteiger partial charge on any atom is -0.365 e. The molecule has 1 fully saturated rings. The van der Waals surface area contributed by atoms with Gasteiger partial charge in [0.25, 0.3) is 0 Å². The van der Waals surface area contributed by atoms with E-state index in [4.69, 9.17) is 15.7 Å². The maximum absolute atomic E-state index is 8.91. The van der Waals surface area contributed by atoms with Gasteiger partial charge in [-0.3, -0.25) is 0 Å². The fourth-order valence-electron chi connectivity index (χ4n) is 2.11. The SMILES string of the molecule is C[C@H](N)c1ccccc1N1CCOC(C#N)C1. The fourth-order valence-corrected chi connectivity index (χ4v) is 2.11. The minimum atomic E-state index is -0.343. The van der Waals surface area contributed by atoms with E-state index in [0.717, 1.165) is 17.8 Å². The molecule has 1 aliphatic rings. The van der Waals surface area contributed by atoms with Crippen molar-refractivity contribution in [2.75, 3.05) is 24.6 Å². The Morgan fingerprint density at radius 2 is 2.29 bits per heavy atom. The molecule has 17 heavy (non-hydrogen) atoms. The van der Waals surface area contributed by atoms with Crippen molar-refractivity contribution in [1.82, 2.24) is 0 Å². The maximum Gasteiger partial charge on any atom is 0.161 e. The topological polar surface area (TPSA) is 62.3 Å². The molecule has 1 aromatic carbocycles. The van der Waals surface area contributed by atoms with Crippen LogP contribution < -0.4 is 10.6 Å².